The zero-order chi connectivity index (χ0) is 16.5. The molecule has 130 valence electrons. The van der Waals surface area contributed by atoms with Gasteiger partial charge in [-0.3, -0.25) is 9.69 Å². The van der Waals surface area contributed by atoms with Gasteiger partial charge < -0.3 is 14.4 Å². The fraction of sp³-hybridized carbons (Fsp3) is 0.632. The molecule has 1 aromatic rings. The normalized spacial score (nSPS) is 24.9. The molecular weight excluding hydrogens is 304 g/mol. The van der Waals surface area contributed by atoms with Crippen molar-refractivity contribution in [2.45, 2.75) is 38.9 Å². The lowest BCUT2D eigenvalue weighted by Crippen LogP contribution is -2.40. The second-order valence-corrected chi connectivity index (χ2v) is 7.23. The molecule has 1 aromatic carbocycles. The van der Waals surface area contributed by atoms with E-state index in [-0.39, 0.29) is 12.0 Å². The molecule has 1 aliphatic carbocycles. The number of hydrogen-bond donors (Lipinski definition) is 0. The Hall–Kier alpha value is -1.59. The van der Waals surface area contributed by atoms with Crippen molar-refractivity contribution in [2.24, 2.45) is 5.92 Å². The Kier molecular flexibility index (Phi) is 4.46. The van der Waals surface area contributed by atoms with Gasteiger partial charge in [0.1, 0.15) is 12.4 Å². The molecule has 3 aliphatic rings. The van der Waals surface area contributed by atoms with Gasteiger partial charge in [0.2, 0.25) is 5.91 Å². The number of fused-ring (bicyclic) bond motifs is 1. The lowest BCUT2D eigenvalue weighted by molar-refractivity contribution is -0.135. The van der Waals surface area contributed by atoms with E-state index < -0.39 is 0 Å². The van der Waals surface area contributed by atoms with E-state index in [9.17, 15) is 4.79 Å². The molecular formula is C19H26N2O3. The van der Waals surface area contributed by atoms with Gasteiger partial charge in [-0.1, -0.05) is 6.07 Å². The van der Waals surface area contributed by atoms with Crippen LogP contribution >= 0.6 is 0 Å². The van der Waals surface area contributed by atoms with Crippen molar-refractivity contribution < 1.29 is 14.3 Å². The van der Waals surface area contributed by atoms with Crippen LogP contribution in [0.2, 0.25) is 0 Å². The number of morpholine rings is 1. The molecule has 0 radical (unpaired) electrons. The Morgan fingerprint density at radius 1 is 1.25 bits per heavy atom. The van der Waals surface area contributed by atoms with Gasteiger partial charge in [0, 0.05) is 37.7 Å². The standard InChI is InChI=1S/C19H26N2O3/c1-14-13-24-18-5-2-15(11-20-6-8-23-9-7-20)10-17(18)12-21(14)19(22)16-3-4-16/h2,5,10,14,16H,3-4,6-9,11-13H2,1H3/t14-/m0/s1. The van der Waals surface area contributed by atoms with Crippen LogP contribution in [0.5, 0.6) is 5.75 Å². The fourth-order valence-electron chi connectivity index (χ4n) is 3.51. The maximum absolute atomic E-state index is 12.6. The van der Waals surface area contributed by atoms with Crippen LogP contribution < -0.4 is 4.74 Å². The third-order valence-corrected chi connectivity index (χ3v) is 5.20. The molecule has 0 N–H and O–H groups in total. The third-order valence-electron chi connectivity index (χ3n) is 5.20. The summed E-state index contributed by atoms with van der Waals surface area (Å²) in [6, 6.07) is 6.57. The zero-order valence-electron chi connectivity index (χ0n) is 14.4. The van der Waals surface area contributed by atoms with Gasteiger partial charge in [0.15, 0.2) is 0 Å². The van der Waals surface area contributed by atoms with Gasteiger partial charge in [-0.25, -0.2) is 0 Å². The molecule has 1 saturated heterocycles. The molecule has 1 atom stereocenters. The summed E-state index contributed by atoms with van der Waals surface area (Å²) in [6.07, 6.45) is 2.10. The summed E-state index contributed by atoms with van der Waals surface area (Å²) < 4.78 is 11.4. The molecule has 2 aliphatic heterocycles. The highest BCUT2D eigenvalue weighted by Crippen LogP contribution is 2.34. The molecule has 1 amide bonds. The Labute approximate surface area is 143 Å². The number of ether oxygens (including phenoxy) is 2. The van der Waals surface area contributed by atoms with Crippen molar-refractivity contribution in [3.05, 3.63) is 29.3 Å². The Morgan fingerprint density at radius 2 is 2.04 bits per heavy atom. The SMILES string of the molecule is C[C@H]1COc2ccc(CN3CCOCC3)cc2CN1C(=O)C1CC1. The lowest BCUT2D eigenvalue weighted by Gasteiger charge is -2.27. The predicted octanol–water partition coefficient (Wildman–Crippen LogP) is 2.04. The number of carbonyl (C=O) groups is 1. The average molecular weight is 330 g/mol. The monoisotopic (exact) mass is 330 g/mol. The lowest BCUT2D eigenvalue weighted by atomic mass is 10.1. The summed E-state index contributed by atoms with van der Waals surface area (Å²) in [6.45, 7) is 7.86. The van der Waals surface area contributed by atoms with E-state index in [1.807, 2.05) is 4.90 Å². The van der Waals surface area contributed by atoms with Gasteiger partial charge in [-0.2, -0.15) is 0 Å². The van der Waals surface area contributed by atoms with Crippen LogP contribution in [0.25, 0.3) is 0 Å². The molecule has 2 heterocycles. The smallest absolute Gasteiger partial charge is 0.226 e. The molecule has 5 heteroatoms. The Morgan fingerprint density at radius 3 is 2.79 bits per heavy atom. The van der Waals surface area contributed by atoms with Crippen LogP contribution in [0, 0.1) is 5.92 Å². The van der Waals surface area contributed by atoms with Crippen molar-refractivity contribution in [3.8, 4) is 5.75 Å². The summed E-state index contributed by atoms with van der Waals surface area (Å²) >= 11 is 0. The number of rotatable bonds is 3. The number of benzene rings is 1. The van der Waals surface area contributed by atoms with Crippen molar-refractivity contribution in [3.63, 3.8) is 0 Å². The van der Waals surface area contributed by atoms with E-state index in [2.05, 4.69) is 30.0 Å². The van der Waals surface area contributed by atoms with Crippen LogP contribution in [0.1, 0.15) is 30.9 Å². The Balaban J connectivity index is 1.51. The highest BCUT2D eigenvalue weighted by atomic mass is 16.5. The van der Waals surface area contributed by atoms with Crippen molar-refractivity contribution in [1.82, 2.24) is 9.80 Å². The molecule has 0 aromatic heterocycles. The van der Waals surface area contributed by atoms with Crippen molar-refractivity contribution in [1.29, 1.82) is 0 Å². The minimum absolute atomic E-state index is 0.133. The average Bonchev–Trinajstić information content (AvgIpc) is 3.44. The minimum Gasteiger partial charge on any atom is -0.491 e. The summed E-state index contributed by atoms with van der Waals surface area (Å²) in [4.78, 5) is 17.0. The highest BCUT2D eigenvalue weighted by molar-refractivity contribution is 5.81. The first kappa shape index (κ1) is 15.9. The summed E-state index contributed by atoms with van der Waals surface area (Å²) in [7, 11) is 0. The van der Waals surface area contributed by atoms with Crippen LogP contribution in [0.15, 0.2) is 18.2 Å². The second kappa shape index (κ2) is 6.73. The molecule has 5 nitrogen and oxygen atoms in total. The summed E-state index contributed by atoms with van der Waals surface area (Å²) in [5, 5.41) is 0. The van der Waals surface area contributed by atoms with Crippen LogP contribution in [0.4, 0.5) is 0 Å². The predicted molar refractivity (Wildman–Crippen MR) is 90.8 cm³/mol. The number of amides is 1. The van der Waals surface area contributed by atoms with E-state index in [1.54, 1.807) is 0 Å². The second-order valence-electron chi connectivity index (χ2n) is 7.23. The molecule has 1 saturated carbocycles. The first-order valence-corrected chi connectivity index (χ1v) is 9.06. The third kappa shape index (κ3) is 3.42. The summed E-state index contributed by atoms with van der Waals surface area (Å²) in [5.74, 6) is 1.49. The molecule has 0 unspecified atom stereocenters. The zero-order valence-corrected chi connectivity index (χ0v) is 14.4. The maximum Gasteiger partial charge on any atom is 0.226 e. The van der Waals surface area contributed by atoms with Gasteiger partial charge in [0.25, 0.3) is 0 Å². The van der Waals surface area contributed by atoms with Crippen LogP contribution in [-0.4, -0.2) is 54.7 Å². The minimum atomic E-state index is 0.133. The maximum atomic E-state index is 12.6. The number of nitrogens with zero attached hydrogens (tertiary/aromatic N) is 2. The van der Waals surface area contributed by atoms with Gasteiger partial charge in [-0.05, 0) is 37.5 Å². The van der Waals surface area contributed by atoms with Gasteiger partial charge >= 0.3 is 0 Å². The molecule has 0 spiro atoms. The first-order chi connectivity index (χ1) is 11.7. The molecule has 2 fully saturated rings. The van der Waals surface area contributed by atoms with Crippen LogP contribution in [-0.2, 0) is 22.6 Å². The quantitative estimate of drug-likeness (QED) is 0.850. The number of hydrogen-bond acceptors (Lipinski definition) is 4. The van der Waals surface area contributed by atoms with Crippen molar-refractivity contribution in [2.75, 3.05) is 32.9 Å². The first-order valence-electron chi connectivity index (χ1n) is 9.06. The van der Waals surface area contributed by atoms with E-state index in [0.29, 0.717) is 19.1 Å². The van der Waals surface area contributed by atoms with E-state index >= 15 is 0 Å². The van der Waals surface area contributed by atoms with Gasteiger partial charge in [-0.15, -0.1) is 0 Å². The Bertz CT molecular complexity index is 609. The fourth-order valence-corrected chi connectivity index (χ4v) is 3.51. The van der Waals surface area contributed by atoms with E-state index in [4.69, 9.17) is 9.47 Å². The largest absolute Gasteiger partial charge is 0.491 e. The molecule has 24 heavy (non-hydrogen) atoms. The highest BCUT2D eigenvalue weighted by Gasteiger charge is 2.36. The summed E-state index contributed by atoms with van der Waals surface area (Å²) in [5.41, 5.74) is 2.42. The van der Waals surface area contributed by atoms with Gasteiger partial charge in [0.05, 0.1) is 19.3 Å². The van der Waals surface area contributed by atoms with Crippen molar-refractivity contribution >= 4 is 5.91 Å². The van der Waals surface area contributed by atoms with E-state index in [1.165, 1.54) is 5.56 Å². The number of carbonyl (C=O) groups excluding carboxylic acids is 1. The van der Waals surface area contributed by atoms with E-state index in [0.717, 1.165) is 57.0 Å². The molecule has 0 bridgehead atoms. The van der Waals surface area contributed by atoms with Crippen LogP contribution in [0.3, 0.4) is 0 Å². The molecule has 4 rings (SSSR count). The topological polar surface area (TPSA) is 42.0 Å².